The molecule has 0 saturated heterocycles. The minimum atomic E-state index is -0.213. The van der Waals surface area contributed by atoms with Crippen molar-refractivity contribution in [1.29, 1.82) is 0 Å². The molecule has 0 unspecified atom stereocenters. The Morgan fingerprint density at radius 3 is 2.93 bits per heavy atom. The number of amides is 1. The van der Waals surface area contributed by atoms with Crippen LogP contribution in [-0.4, -0.2) is 26.2 Å². The summed E-state index contributed by atoms with van der Waals surface area (Å²) < 4.78 is 7.41. The average Bonchev–Trinajstić information content (AvgIpc) is 3.33. The van der Waals surface area contributed by atoms with Gasteiger partial charge in [-0.2, -0.15) is 0 Å². The quantitative estimate of drug-likeness (QED) is 0.347. The van der Waals surface area contributed by atoms with Crippen molar-refractivity contribution < 1.29 is 9.21 Å². The standard InChI is InChI=1S/C20H20N4O3S2/c1-12(2)7-9-24-18(26)17-16(13-5-3-4-6-14(13)27-17)23-20(24)29-11-15(25)22-19-21-8-10-28-19/h3-6,8,10,12H,7,9,11H2,1-2H3,(H,21,22,25). The van der Waals surface area contributed by atoms with E-state index in [9.17, 15) is 9.59 Å². The van der Waals surface area contributed by atoms with Gasteiger partial charge in [-0.15, -0.1) is 11.3 Å². The molecule has 0 atom stereocenters. The van der Waals surface area contributed by atoms with Gasteiger partial charge in [-0.25, -0.2) is 9.97 Å². The molecule has 29 heavy (non-hydrogen) atoms. The van der Waals surface area contributed by atoms with Gasteiger partial charge in [0.25, 0.3) is 5.56 Å². The Kier molecular flexibility index (Phi) is 5.68. The van der Waals surface area contributed by atoms with Crippen LogP contribution in [0.2, 0.25) is 0 Å². The van der Waals surface area contributed by atoms with Crippen LogP contribution in [0.5, 0.6) is 0 Å². The third-order valence-corrected chi connectivity index (χ3v) is 6.05. The highest BCUT2D eigenvalue weighted by Crippen LogP contribution is 2.27. The third-order valence-electron chi connectivity index (χ3n) is 4.39. The number of thiazole rings is 1. The van der Waals surface area contributed by atoms with Gasteiger partial charge in [0.1, 0.15) is 11.1 Å². The first-order valence-electron chi connectivity index (χ1n) is 9.27. The van der Waals surface area contributed by atoms with Crippen molar-refractivity contribution in [3.63, 3.8) is 0 Å². The highest BCUT2D eigenvalue weighted by atomic mass is 32.2. The molecule has 0 fully saturated rings. The Bertz CT molecular complexity index is 1210. The highest BCUT2D eigenvalue weighted by molar-refractivity contribution is 7.99. The summed E-state index contributed by atoms with van der Waals surface area (Å²) in [5.41, 5.74) is 1.21. The molecule has 0 aliphatic rings. The number of nitrogens with zero attached hydrogens (tertiary/aromatic N) is 3. The monoisotopic (exact) mass is 428 g/mol. The van der Waals surface area contributed by atoms with Crippen LogP contribution in [0.3, 0.4) is 0 Å². The number of furan rings is 1. The molecule has 0 saturated carbocycles. The number of benzene rings is 1. The molecule has 4 aromatic rings. The second kappa shape index (κ2) is 8.38. The maximum absolute atomic E-state index is 13.1. The zero-order valence-corrected chi connectivity index (χ0v) is 17.7. The summed E-state index contributed by atoms with van der Waals surface area (Å²) in [5.74, 6) is 0.376. The summed E-state index contributed by atoms with van der Waals surface area (Å²) in [7, 11) is 0. The van der Waals surface area contributed by atoms with Crippen molar-refractivity contribution in [3.8, 4) is 0 Å². The van der Waals surface area contributed by atoms with Crippen LogP contribution in [-0.2, 0) is 11.3 Å². The molecular formula is C20H20N4O3S2. The summed E-state index contributed by atoms with van der Waals surface area (Å²) in [5, 5.41) is 6.42. The van der Waals surface area contributed by atoms with Crippen molar-refractivity contribution in [1.82, 2.24) is 14.5 Å². The van der Waals surface area contributed by atoms with Gasteiger partial charge >= 0.3 is 0 Å². The second-order valence-electron chi connectivity index (χ2n) is 6.98. The SMILES string of the molecule is CC(C)CCn1c(SCC(=O)Nc2nccs2)nc2c(oc3ccccc32)c1=O. The maximum atomic E-state index is 13.1. The molecule has 1 aromatic carbocycles. The normalized spacial score (nSPS) is 11.6. The molecular weight excluding hydrogens is 408 g/mol. The van der Waals surface area contributed by atoms with E-state index in [1.54, 1.807) is 16.1 Å². The number of hydrogen-bond donors (Lipinski definition) is 1. The summed E-state index contributed by atoms with van der Waals surface area (Å²) in [6, 6.07) is 7.46. The summed E-state index contributed by atoms with van der Waals surface area (Å²) in [4.78, 5) is 34.2. The summed E-state index contributed by atoms with van der Waals surface area (Å²) >= 11 is 2.60. The number of fused-ring (bicyclic) bond motifs is 3. The van der Waals surface area contributed by atoms with Crippen LogP contribution in [0.25, 0.3) is 22.1 Å². The van der Waals surface area contributed by atoms with Gasteiger partial charge in [0.05, 0.1) is 5.75 Å². The lowest BCUT2D eigenvalue weighted by Crippen LogP contribution is -2.24. The van der Waals surface area contributed by atoms with Crippen molar-refractivity contribution in [2.45, 2.75) is 32.0 Å². The first kappa shape index (κ1) is 19.7. The first-order chi connectivity index (χ1) is 14.0. The number of carbonyl (C=O) groups is 1. The number of thioether (sulfide) groups is 1. The van der Waals surface area contributed by atoms with E-state index >= 15 is 0 Å². The number of hydrogen-bond acceptors (Lipinski definition) is 7. The Hall–Kier alpha value is -2.65. The number of anilines is 1. The zero-order valence-electron chi connectivity index (χ0n) is 16.0. The van der Waals surface area contributed by atoms with Crippen molar-refractivity contribution in [2.24, 2.45) is 5.92 Å². The molecule has 3 aromatic heterocycles. The smallest absolute Gasteiger partial charge is 0.297 e. The fourth-order valence-corrected chi connectivity index (χ4v) is 4.28. The van der Waals surface area contributed by atoms with Crippen LogP contribution in [0.1, 0.15) is 20.3 Å². The molecule has 0 aliphatic heterocycles. The average molecular weight is 429 g/mol. The van der Waals surface area contributed by atoms with Gasteiger partial charge in [0.15, 0.2) is 10.3 Å². The molecule has 0 aliphatic carbocycles. The van der Waals surface area contributed by atoms with E-state index in [1.165, 1.54) is 23.1 Å². The Morgan fingerprint density at radius 1 is 1.34 bits per heavy atom. The maximum Gasteiger partial charge on any atom is 0.297 e. The fraction of sp³-hybridized carbons (Fsp3) is 0.300. The van der Waals surface area contributed by atoms with E-state index in [4.69, 9.17) is 9.40 Å². The minimum Gasteiger partial charge on any atom is -0.448 e. The van der Waals surface area contributed by atoms with Gasteiger partial charge in [-0.05, 0) is 24.5 Å². The molecule has 0 radical (unpaired) electrons. The molecule has 1 N–H and O–H groups in total. The van der Waals surface area contributed by atoms with Crippen LogP contribution in [0.15, 0.2) is 50.2 Å². The summed E-state index contributed by atoms with van der Waals surface area (Å²) in [6.07, 6.45) is 2.46. The van der Waals surface area contributed by atoms with Crippen LogP contribution in [0.4, 0.5) is 5.13 Å². The van der Waals surface area contributed by atoms with Gasteiger partial charge in [0.2, 0.25) is 11.5 Å². The molecule has 4 rings (SSSR count). The van der Waals surface area contributed by atoms with Crippen LogP contribution < -0.4 is 10.9 Å². The Balaban J connectivity index is 1.69. The lowest BCUT2D eigenvalue weighted by Gasteiger charge is -2.12. The van der Waals surface area contributed by atoms with Gasteiger partial charge < -0.3 is 9.73 Å². The van der Waals surface area contributed by atoms with Crippen LogP contribution >= 0.6 is 23.1 Å². The predicted molar refractivity (Wildman–Crippen MR) is 117 cm³/mol. The molecule has 150 valence electrons. The zero-order chi connectivity index (χ0) is 20.4. The Morgan fingerprint density at radius 2 is 2.17 bits per heavy atom. The first-order valence-corrected chi connectivity index (χ1v) is 11.1. The van der Waals surface area contributed by atoms with Crippen molar-refractivity contribution in [2.75, 3.05) is 11.1 Å². The minimum absolute atomic E-state index is 0.134. The van der Waals surface area contributed by atoms with E-state index in [2.05, 4.69) is 24.1 Å². The number of nitrogens with one attached hydrogen (secondary N) is 1. The lowest BCUT2D eigenvalue weighted by atomic mass is 10.1. The number of rotatable bonds is 7. The molecule has 7 nitrogen and oxygen atoms in total. The van der Waals surface area contributed by atoms with E-state index < -0.39 is 0 Å². The molecule has 0 bridgehead atoms. The Labute approximate surface area is 175 Å². The molecule has 3 heterocycles. The predicted octanol–water partition coefficient (Wildman–Crippen LogP) is 4.38. The van der Waals surface area contributed by atoms with Gasteiger partial charge in [-0.1, -0.05) is 37.7 Å². The van der Waals surface area contributed by atoms with Crippen LogP contribution in [0, 0.1) is 5.92 Å². The van der Waals surface area contributed by atoms with Crippen molar-refractivity contribution in [3.05, 3.63) is 46.2 Å². The highest BCUT2D eigenvalue weighted by Gasteiger charge is 2.19. The second-order valence-corrected chi connectivity index (χ2v) is 8.82. The lowest BCUT2D eigenvalue weighted by molar-refractivity contribution is -0.113. The molecule has 9 heteroatoms. The van der Waals surface area contributed by atoms with E-state index in [0.29, 0.717) is 33.9 Å². The molecule has 1 amide bonds. The number of carbonyl (C=O) groups excluding carboxylic acids is 1. The number of aromatic nitrogens is 3. The largest absolute Gasteiger partial charge is 0.448 e. The summed E-state index contributed by atoms with van der Waals surface area (Å²) in [6.45, 7) is 4.73. The van der Waals surface area contributed by atoms with E-state index in [1.807, 2.05) is 24.3 Å². The van der Waals surface area contributed by atoms with Crippen molar-refractivity contribution >= 4 is 56.2 Å². The molecule has 0 spiro atoms. The van der Waals surface area contributed by atoms with Gasteiger partial charge in [0, 0.05) is 23.5 Å². The van der Waals surface area contributed by atoms with E-state index in [0.717, 1.165) is 11.8 Å². The van der Waals surface area contributed by atoms with E-state index in [-0.39, 0.29) is 22.8 Å². The third kappa shape index (κ3) is 4.20. The number of para-hydroxylation sites is 1. The topological polar surface area (TPSA) is 90.0 Å². The van der Waals surface area contributed by atoms with Gasteiger partial charge in [-0.3, -0.25) is 14.2 Å². The fourth-order valence-electron chi connectivity index (χ4n) is 2.92.